The predicted octanol–water partition coefficient (Wildman–Crippen LogP) is 5.52. The largest absolute Gasteiger partial charge is 0.496 e. The van der Waals surface area contributed by atoms with Gasteiger partial charge in [-0.1, -0.05) is 12.1 Å². The Balaban J connectivity index is 1.68. The molecule has 39 heavy (non-hydrogen) atoms. The van der Waals surface area contributed by atoms with Gasteiger partial charge in [0.2, 0.25) is 0 Å². The van der Waals surface area contributed by atoms with Crippen LogP contribution in [0.5, 0.6) is 5.75 Å². The maximum Gasteiger partial charge on any atom is 0.410 e. The molecule has 0 unspecified atom stereocenters. The van der Waals surface area contributed by atoms with E-state index in [-0.39, 0.29) is 12.1 Å². The highest BCUT2D eigenvalue weighted by Gasteiger charge is 2.39. The minimum Gasteiger partial charge on any atom is -0.496 e. The number of carbonyl (C=O) groups is 1. The molecule has 1 atom stereocenters. The van der Waals surface area contributed by atoms with Gasteiger partial charge in [0.15, 0.2) is 0 Å². The van der Waals surface area contributed by atoms with Crippen molar-refractivity contribution >= 4 is 22.8 Å². The van der Waals surface area contributed by atoms with Crippen molar-refractivity contribution < 1.29 is 19.4 Å². The van der Waals surface area contributed by atoms with E-state index >= 15 is 0 Å². The van der Waals surface area contributed by atoms with Gasteiger partial charge in [-0.2, -0.15) is 5.26 Å². The maximum absolute atomic E-state index is 12.6. The van der Waals surface area contributed by atoms with Gasteiger partial charge in [0.1, 0.15) is 23.0 Å². The number of likely N-dealkylation sites (tertiary alicyclic amines) is 1. The number of carbonyl (C=O) groups excluding carboxylic acids is 1. The van der Waals surface area contributed by atoms with E-state index in [1.54, 1.807) is 12.0 Å². The van der Waals surface area contributed by atoms with Gasteiger partial charge < -0.3 is 24.8 Å². The number of anilines is 1. The van der Waals surface area contributed by atoms with Crippen molar-refractivity contribution in [1.82, 2.24) is 14.9 Å². The molecule has 1 saturated heterocycles. The Morgan fingerprint density at radius 3 is 2.51 bits per heavy atom. The van der Waals surface area contributed by atoms with E-state index < -0.39 is 11.2 Å². The summed E-state index contributed by atoms with van der Waals surface area (Å²) in [5.41, 5.74) is 2.09. The first-order chi connectivity index (χ1) is 18.3. The third kappa shape index (κ3) is 5.91. The average molecular weight is 532 g/mol. The number of aromatic nitrogens is 2. The number of aliphatic hydroxyl groups is 1. The molecule has 1 fully saturated rings. The van der Waals surface area contributed by atoms with Crippen molar-refractivity contribution in [1.29, 1.82) is 5.26 Å². The van der Waals surface area contributed by atoms with Crippen LogP contribution in [0.15, 0.2) is 30.3 Å². The summed E-state index contributed by atoms with van der Waals surface area (Å²) >= 11 is 0. The molecule has 9 heteroatoms. The van der Waals surface area contributed by atoms with Crippen LogP contribution in [0.1, 0.15) is 74.7 Å². The molecule has 1 amide bonds. The first-order valence-electron chi connectivity index (χ1n) is 13.2. The summed E-state index contributed by atoms with van der Waals surface area (Å²) in [6.45, 7) is 12.0. The second-order valence-corrected chi connectivity index (χ2v) is 11.2. The monoisotopic (exact) mass is 531 g/mol. The molecule has 2 N–H and O–H groups in total. The van der Waals surface area contributed by atoms with Crippen molar-refractivity contribution in [3.05, 3.63) is 58.4 Å². The molecular weight excluding hydrogens is 494 g/mol. The van der Waals surface area contributed by atoms with E-state index in [1.807, 2.05) is 71.9 Å². The number of fused-ring (bicyclic) bond motifs is 1. The van der Waals surface area contributed by atoms with Gasteiger partial charge in [0.25, 0.3) is 0 Å². The van der Waals surface area contributed by atoms with Crippen LogP contribution in [0.2, 0.25) is 0 Å². The maximum atomic E-state index is 12.6. The summed E-state index contributed by atoms with van der Waals surface area (Å²) in [5.74, 6) is 1.76. The number of piperidine rings is 1. The van der Waals surface area contributed by atoms with E-state index in [0.29, 0.717) is 60.0 Å². The third-order valence-corrected chi connectivity index (χ3v) is 7.19. The summed E-state index contributed by atoms with van der Waals surface area (Å²) in [4.78, 5) is 23.5. The van der Waals surface area contributed by atoms with Crippen LogP contribution in [-0.4, -0.2) is 51.9 Å². The number of nitrogens with one attached hydrogen (secondary N) is 1. The predicted molar refractivity (Wildman–Crippen MR) is 150 cm³/mol. The van der Waals surface area contributed by atoms with Gasteiger partial charge in [0, 0.05) is 30.1 Å². The molecule has 0 aliphatic carbocycles. The molecule has 3 aromatic rings. The van der Waals surface area contributed by atoms with E-state index in [4.69, 9.17) is 14.5 Å². The number of hydrogen-bond acceptors (Lipinski definition) is 8. The highest BCUT2D eigenvalue weighted by Crippen LogP contribution is 2.41. The summed E-state index contributed by atoms with van der Waals surface area (Å²) in [6, 6.07) is 11.5. The fourth-order valence-corrected chi connectivity index (χ4v) is 5.10. The Bertz CT molecular complexity index is 1430. The molecular formula is C30H37N5O4. The number of amides is 1. The lowest BCUT2D eigenvalue weighted by atomic mass is 9.83. The second kappa shape index (κ2) is 10.7. The quantitative estimate of drug-likeness (QED) is 0.442. The van der Waals surface area contributed by atoms with Crippen LogP contribution < -0.4 is 10.1 Å². The van der Waals surface area contributed by atoms with Gasteiger partial charge in [-0.15, -0.1) is 0 Å². The number of methoxy groups -OCH3 is 1. The lowest BCUT2D eigenvalue weighted by Gasteiger charge is -2.39. The highest BCUT2D eigenvalue weighted by atomic mass is 16.6. The zero-order valence-electron chi connectivity index (χ0n) is 23.8. The van der Waals surface area contributed by atoms with E-state index in [0.717, 1.165) is 16.5 Å². The highest BCUT2D eigenvalue weighted by molar-refractivity contribution is 5.91. The van der Waals surface area contributed by atoms with Gasteiger partial charge in [0.05, 0.1) is 35.9 Å². The molecule has 1 aliphatic rings. The SMILES string of the molecule is COc1cc2nc(C)nc(N[C@H](C)c3cccc(C#N)c3C)c2cc1C1(O)CCN(C(=O)OC(C)(C)C)CC1. The number of nitrogens with zero attached hydrogens (tertiary/aromatic N) is 4. The Labute approximate surface area is 229 Å². The van der Waals surface area contributed by atoms with Crippen LogP contribution in [0, 0.1) is 25.2 Å². The molecule has 1 aliphatic heterocycles. The molecule has 9 nitrogen and oxygen atoms in total. The van der Waals surface area contributed by atoms with Crippen LogP contribution >= 0.6 is 0 Å². The summed E-state index contributed by atoms with van der Waals surface area (Å²) < 4.78 is 11.2. The first-order valence-corrected chi connectivity index (χ1v) is 13.2. The number of nitriles is 1. The Morgan fingerprint density at radius 1 is 1.21 bits per heavy atom. The topological polar surface area (TPSA) is 121 Å². The van der Waals surface area contributed by atoms with Crippen LogP contribution in [-0.2, 0) is 10.3 Å². The fourth-order valence-electron chi connectivity index (χ4n) is 5.10. The molecule has 2 aromatic carbocycles. The molecule has 2 heterocycles. The number of benzene rings is 2. The molecule has 206 valence electrons. The van der Waals surface area contributed by atoms with Gasteiger partial charge in [-0.05, 0) is 77.6 Å². The third-order valence-electron chi connectivity index (χ3n) is 7.19. The smallest absolute Gasteiger partial charge is 0.410 e. The van der Waals surface area contributed by atoms with Crippen molar-refractivity contribution in [2.24, 2.45) is 0 Å². The number of ether oxygens (including phenoxy) is 2. The minimum absolute atomic E-state index is 0.137. The van der Waals surface area contributed by atoms with Crippen molar-refractivity contribution in [2.45, 2.75) is 71.6 Å². The zero-order valence-corrected chi connectivity index (χ0v) is 23.8. The molecule has 0 spiro atoms. The average Bonchev–Trinajstić information content (AvgIpc) is 2.87. The summed E-state index contributed by atoms with van der Waals surface area (Å²) in [7, 11) is 1.57. The molecule has 4 rings (SSSR count). The van der Waals surface area contributed by atoms with Gasteiger partial charge in [-0.3, -0.25) is 0 Å². The second-order valence-electron chi connectivity index (χ2n) is 11.2. The standard InChI is InChI=1S/C30H37N5O4/c1-18-21(17-31)9-8-10-22(18)19(2)32-27-23-15-24(26(38-7)16-25(23)33-20(3)34-27)30(37)11-13-35(14-12-30)28(36)39-29(4,5)6/h8-10,15-16,19,37H,11-14H2,1-7H3,(H,32,33,34)/t19-/m1/s1. The van der Waals surface area contributed by atoms with Gasteiger partial charge in [-0.25, -0.2) is 14.8 Å². The number of rotatable bonds is 5. The summed E-state index contributed by atoms with van der Waals surface area (Å²) in [5, 5.41) is 25.5. The Kier molecular flexibility index (Phi) is 7.71. The molecule has 0 bridgehead atoms. The fraction of sp³-hybridized carbons (Fsp3) is 0.467. The van der Waals surface area contributed by atoms with E-state index in [1.165, 1.54) is 0 Å². The van der Waals surface area contributed by atoms with E-state index in [9.17, 15) is 15.2 Å². The number of aryl methyl sites for hydroxylation is 1. The molecule has 0 saturated carbocycles. The molecule has 1 aromatic heterocycles. The lowest BCUT2D eigenvalue weighted by Crippen LogP contribution is -2.46. The van der Waals surface area contributed by atoms with Crippen molar-refractivity contribution in [3.8, 4) is 11.8 Å². The van der Waals surface area contributed by atoms with E-state index in [2.05, 4.69) is 16.4 Å². The minimum atomic E-state index is -1.20. The lowest BCUT2D eigenvalue weighted by molar-refractivity contribution is -0.0366. The van der Waals surface area contributed by atoms with Crippen LogP contribution in [0.4, 0.5) is 10.6 Å². The number of hydrogen-bond donors (Lipinski definition) is 2. The van der Waals surface area contributed by atoms with Gasteiger partial charge >= 0.3 is 6.09 Å². The van der Waals surface area contributed by atoms with Crippen molar-refractivity contribution in [3.63, 3.8) is 0 Å². The normalized spacial score (nSPS) is 15.9. The van der Waals surface area contributed by atoms with Crippen molar-refractivity contribution in [2.75, 3.05) is 25.5 Å². The first kappa shape index (κ1) is 28.1. The molecule has 0 radical (unpaired) electrons. The Hall–Kier alpha value is -3.90. The van der Waals surface area contributed by atoms with Crippen LogP contribution in [0.25, 0.3) is 10.9 Å². The van der Waals surface area contributed by atoms with Crippen LogP contribution in [0.3, 0.4) is 0 Å². The zero-order chi connectivity index (χ0) is 28.5. The summed E-state index contributed by atoms with van der Waals surface area (Å²) in [6.07, 6.45) is 0.287. The Morgan fingerprint density at radius 2 is 1.90 bits per heavy atom.